The molecule has 0 saturated heterocycles. The van der Waals surface area contributed by atoms with Crippen LogP contribution in [0.25, 0.3) is 22.3 Å². The van der Waals surface area contributed by atoms with Gasteiger partial charge < -0.3 is 0 Å². The van der Waals surface area contributed by atoms with Crippen molar-refractivity contribution >= 4 is 11.0 Å². The third-order valence-electron chi connectivity index (χ3n) is 3.07. The Morgan fingerprint density at radius 2 is 1.72 bits per heavy atom. The van der Waals surface area contributed by atoms with Crippen molar-refractivity contribution in [3.05, 3.63) is 60.8 Å². The Morgan fingerprint density at radius 1 is 0.944 bits per heavy atom. The van der Waals surface area contributed by atoms with Crippen LogP contribution in [0.4, 0.5) is 0 Å². The van der Waals surface area contributed by atoms with Crippen molar-refractivity contribution < 1.29 is 4.74 Å². The van der Waals surface area contributed by atoms with Crippen LogP contribution in [0, 0.1) is 0 Å². The van der Waals surface area contributed by atoms with E-state index < -0.39 is 0 Å². The van der Waals surface area contributed by atoms with Gasteiger partial charge in [-0.1, -0.05) is 52.7 Å². The molecular formula is C14H10N4. The Kier molecular flexibility index (Phi) is 1.80. The number of benzene rings is 2. The Hall–Kier alpha value is -2.62. The number of rotatable bonds is 1. The van der Waals surface area contributed by atoms with Gasteiger partial charge in [-0.2, -0.15) is 4.52 Å². The highest BCUT2D eigenvalue weighted by atomic mass is 15.6. The predicted octanol–water partition coefficient (Wildman–Crippen LogP) is 1.70. The summed E-state index contributed by atoms with van der Waals surface area (Å²) in [6.45, 7) is 0. The van der Waals surface area contributed by atoms with Gasteiger partial charge in [-0.05, 0) is 22.4 Å². The summed E-state index contributed by atoms with van der Waals surface area (Å²) in [5.74, 6) is 0. The highest BCUT2D eigenvalue weighted by Crippen LogP contribution is 2.19. The van der Waals surface area contributed by atoms with Gasteiger partial charge in [0.1, 0.15) is 0 Å². The molecule has 0 aliphatic heterocycles. The first-order chi connectivity index (χ1) is 8.93. The van der Waals surface area contributed by atoms with E-state index in [1.165, 1.54) is 0 Å². The van der Waals surface area contributed by atoms with E-state index in [0.29, 0.717) is 0 Å². The van der Waals surface area contributed by atoms with E-state index in [1.54, 1.807) is 4.74 Å². The minimum absolute atomic E-state index is 0.947. The van der Waals surface area contributed by atoms with Crippen LogP contribution in [0.1, 0.15) is 0 Å². The zero-order chi connectivity index (χ0) is 11.9. The summed E-state index contributed by atoms with van der Waals surface area (Å²) < 4.78 is 3.65. The summed E-state index contributed by atoms with van der Waals surface area (Å²) in [6.07, 6.45) is 1.84. The molecule has 0 aliphatic carbocycles. The quantitative estimate of drug-likeness (QED) is 0.470. The Labute approximate surface area is 103 Å². The normalized spacial score (nSPS) is 11.3. The van der Waals surface area contributed by atoms with E-state index in [1.807, 2.05) is 47.1 Å². The second kappa shape index (κ2) is 3.43. The molecule has 0 fully saturated rings. The maximum Gasteiger partial charge on any atom is 0.0728 e. The van der Waals surface area contributed by atoms with Crippen LogP contribution in [0.5, 0.6) is 0 Å². The summed E-state index contributed by atoms with van der Waals surface area (Å²) >= 11 is 0. The maximum absolute atomic E-state index is 4.43. The lowest BCUT2D eigenvalue weighted by molar-refractivity contribution is -0.729. The van der Waals surface area contributed by atoms with Gasteiger partial charge in [0.25, 0.3) is 0 Å². The van der Waals surface area contributed by atoms with Crippen molar-refractivity contribution in [1.29, 1.82) is 0 Å². The summed E-state index contributed by atoms with van der Waals surface area (Å²) in [6, 6.07) is 18.3. The summed E-state index contributed by atoms with van der Waals surface area (Å²) in [5.41, 5.74) is 4.19. The molecule has 0 atom stereocenters. The molecule has 0 amide bonds. The average Bonchev–Trinajstić information content (AvgIpc) is 2.98. The molecule has 18 heavy (non-hydrogen) atoms. The van der Waals surface area contributed by atoms with Gasteiger partial charge in [0, 0.05) is 6.20 Å². The average molecular weight is 234 g/mol. The molecule has 2 aromatic heterocycles. The van der Waals surface area contributed by atoms with Gasteiger partial charge in [0.2, 0.25) is 0 Å². The maximum atomic E-state index is 4.43. The summed E-state index contributed by atoms with van der Waals surface area (Å²) in [4.78, 5) is 0. The zero-order valence-corrected chi connectivity index (χ0v) is 9.56. The predicted molar refractivity (Wildman–Crippen MR) is 67.1 cm³/mol. The topological polar surface area (TPSA) is 35.5 Å². The third kappa shape index (κ3) is 1.20. The fourth-order valence-corrected chi connectivity index (χ4v) is 2.24. The molecular weight excluding hydrogens is 224 g/mol. The molecule has 2 heterocycles. The van der Waals surface area contributed by atoms with Crippen LogP contribution in [0.2, 0.25) is 0 Å². The van der Waals surface area contributed by atoms with Crippen molar-refractivity contribution in [3.8, 4) is 11.3 Å². The number of para-hydroxylation sites is 1. The lowest BCUT2D eigenvalue weighted by atomic mass is 10.2. The van der Waals surface area contributed by atoms with Crippen molar-refractivity contribution in [1.82, 2.24) is 14.7 Å². The Bertz CT molecular complexity index is 827. The van der Waals surface area contributed by atoms with Gasteiger partial charge in [-0.3, -0.25) is 0 Å². The smallest absolute Gasteiger partial charge is 0.0728 e. The van der Waals surface area contributed by atoms with Crippen LogP contribution < -0.4 is 9.84 Å². The van der Waals surface area contributed by atoms with Crippen LogP contribution >= 0.6 is 0 Å². The molecule has 0 bridgehead atoms. The van der Waals surface area contributed by atoms with E-state index in [2.05, 4.69) is 28.4 Å². The molecule has 0 unspecified atom stereocenters. The molecule has 0 spiro atoms. The fourth-order valence-electron chi connectivity index (χ4n) is 2.24. The Balaban J connectivity index is 2.13. The van der Waals surface area contributed by atoms with Crippen LogP contribution in [-0.4, -0.2) is 9.61 Å². The minimum Gasteiger partial charge on any atom is -0.157 e. The number of nitrogens with zero attached hydrogens (tertiary/aromatic N) is 4. The molecule has 4 nitrogen and oxygen atoms in total. The van der Waals surface area contributed by atoms with Gasteiger partial charge >= 0.3 is 0 Å². The number of fused-ring (bicyclic) bond motifs is 3. The first-order valence-electron chi connectivity index (χ1n) is 5.81. The first-order valence-corrected chi connectivity index (χ1v) is 5.81. The van der Waals surface area contributed by atoms with Gasteiger partial charge in [-0.15, -0.1) is 0 Å². The largest absolute Gasteiger partial charge is 0.157 e. The van der Waals surface area contributed by atoms with Crippen molar-refractivity contribution in [2.45, 2.75) is 0 Å². The molecule has 0 aliphatic rings. The van der Waals surface area contributed by atoms with Crippen LogP contribution in [0.15, 0.2) is 60.8 Å². The molecule has 0 N–H and O–H groups in total. The number of aromatic nitrogens is 4. The lowest BCUT2D eigenvalue weighted by Gasteiger charge is -1.98. The van der Waals surface area contributed by atoms with E-state index in [0.717, 1.165) is 22.3 Å². The number of hydrogen-bond acceptors (Lipinski definition) is 1. The van der Waals surface area contributed by atoms with Crippen molar-refractivity contribution in [3.63, 3.8) is 0 Å². The lowest BCUT2D eigenvalue weighted by Crippen LogP contribution is -2.33. The second-order valence-electron chi connectivity index (χ2n) is 4.16. The molecule has 0 radical (unpaired) electrons. The second-order valence-corrected chi connectivity index (χ2v) is 4.16. The van der Waals surface area contributed by atoms with Crippen molar-refractivity contribution in [2.75, 3.05) is 0 Å². The standard InChI is InChI=1S/C14H10N4/c1-2-6-11(7-3-1)14-10-15-18-16-12-8-4-5-9-13(12)17(14)18/h1-10H. The monoisotopic (exact) mass is 234 g/mol. The summed E-state index contributed by atoms with van der Waals surface area (Å²) in [5, 5.41) is 8.73. The van der Waals surface area contributed by atoms with Crippen LogP contribution in [0.3, 0.4) is 0 Å². The highest BCUT2D eigenvalue weighted by Gasteiger charge is 2.10. The Morgan fingerprint density at radius 3 is 2.61 bits per heavy atom. The molecule has 86 valence electrons. The molecule has 2 aromatic carbocycles. The van der Waals surface area contributed by atoms with Crippen LogP contribution in [-0.2, 0) is 0 Å². The zero-order valence-electron chi connectivity index (χ0n) is 9.56. The van der Waals surface area contributed by atoms with E-state index in [4.69, 9.17) is 0 Å². The summed E-state index contributed by atoms with van der Waals surface area (Å²) in [7, 11) is 0. The molecule has 0 saturated carbocycles. The fraction of sp³-hybridized carbons (Fsp3) is 0. The third-order valence-corrected chi connectivity index (χ3v) is 3.07. The van der Waals surface area contributed by atoms with E-state index in [-0.39, 0.29) is 0 Å². The minimum atomic E-state index is 0.947. The van der Waals surface area contributed by atoms with Gasteiger partial charge in [0.05, 0.1) is 16.7 Å². The highest BCUT2D eigenvalue weighted by molar-refractivity contribution is 5.75. The van der Waals surface area contributed by atoms with E-state index >= 15 is 0 Å². The first kappa shape index (κ1) is 9.41. The van der Waals surface area contributed by atoms with Crippen molar-refractivity contribution in [2.24, 2.45) is 0 Å². The molecule has 4 heteroatoms. The van der Waals surface area contributed by atoms with Gasteiger partial charge in [0.15, 0.2) is 0 Å². The van der Waals surface area contributed by atoms with Gasteiger partial charge in [-0.25, -0.2) is 0 Å². The number of hydrogen-bond donors (Lipinski definition) is 0. The molecule has 4 rings (SSSR count). The SMILES string of the molecule is c1ccc(-c2c[n-][n+]3nc4ccccc4n23)cc1. The molecule has 4 aromatic rings. The van der Waals surface area contributed by atoms with E-state index in [9.17, 15) is 0 Å².